The first-order valence-corrected chi connectivity index (χ1v) is 6.18. The van der Waals surface area contributed by atoms with Crippen molar-refractivity contribution in [2.45, 2.75) is 6.54 Å². The van der Waals surface area contributed by atoms with E-state index < -0.39 is 0 Å². The maximum atomic E-state index is 9.89. The van der Waals surface area contributed by atoms with E-state index in [9.17, 15) is 5.11 Å². The normalized spacial score (nSPS) is 10.8. The monoisotopic (exact) mass is 275 g/mol. The van der Waals surface area contributed by atoms with Crippen LogP contribution in [0.4, 0.5) is 0 Å². The molecular weight excluding hydrogens is 262 g/mol. The first kappa shape index (κ1) is 13.4. The van der Waals surface area contributed by atoms with Crippen LogP contribution < -0.4 is 4.74 Å². The van der Waals surface area contributed by atoms with Crippen LogP contribution in [-0.4, -0.2) is 18.4 Å². The Labute approximate surface area is 117 Å². The molecule has 0 aliphatic heterocycles. The molecule has 0 fully saturated rings. The van der Waals surface area contributed by atoms with E-state index in [0.717, 1.165) is 5.56 Å². The van der Waals surface area contributed by atoms with Gasteiger partial charge in [-0.3, -0.25) is 4.99 Å². The van der Waals surface area contributed by atoms with Crippen molar-refractivity contribution in [3.05, 3.63) is 58.6 Å². The zero-order chi connectivity index (χ0) is 13.7. The van der Waals surface area contributed by atoms with Gasteiger partial charge in [-0.05, 0) is 29.8 Å². The zero-order valence-electron chi connectivity index (χ0n) is 10.5. The zero-order valence-corrected chi connectivity index (χ0v) is 11.3. The summed E-state index contributed by atoms with van der Waals surface area (Å²) in [5.41, 5.74) is 1.65. The number of benzene rings is 2. The molecule has 0 aliphatic carbocycles. The number of nitrogens with zero attached hydrogens (tertiary/aromatic N) is 1. The highest BCUT2D eigenvalue weighted by atomic mass is 35.5. The highest BCUT2D eigenvalue weighted by Gasteiger charge is 2.04. The summed E-state index contributed by atoms with van der Waals surface area (Å²) in [5, 5.41) is 10.6. The maximum Gasteiger partial charge on any atom is 0.166 e. The van der Waals surface area contributed by atoms with Crippen LogP contribution in [0.15, 0.2) is 47.5 Å². The summed E-state index contributed by atoms with van der Waals surface area (Å²) in [5.74, 6) is 0.534. The predicted octanol–water partition coefficient (Wildman–Crippen LogP) is 3.67. The molecule has 0 unspecified atom stereocenters. The van der Waals surface area contributed by atoms with Gasteiger partial charge < -0.3 is 9.84 Å². The quantitative estimate of drug-likeness (QED) is 0.865. The second-order valence-electron chi connectivity index (χ2n) is 4.00. The van der Waals surface area contributed by atoms with Gasteiger partial charge in [-0.25, -0.2) is 0 Å². The SMILES string of the molecule is COc1cccc(C=NCc2cccc(Cl)c2)c1O. The fraction of sp³-hybridized carbons (Fsp3) is 0.133. The van der Waals surface area contributed by atoms with Crippen LogP contribution >= 0.6 is 11.6 Å². The maximum absolute atomic E-state index is 9.89. The van der Waals surface area contributed by atoms with Crippen LogP contribution in [0.3, 0.4) is 0 Å². The summed E-state index contributed by atoms with van der Waals surface area (Å²) < 4.78 is 5.04. The first-order chi connectivity index (χ1) is 9.20. The van der Waals surface area contributed by atoms with Crippen molar-refractivity contribution < 1.29 is 9.84 Å². The minimum atomic E-state index is 0.0971. The Morgan fingerprint density at radius 2 is 2.05 bits per heavy atom. The van der Waals surface area contributed by atoms with Crippen LogP contribution in [0.25, 0.3) is 0 Å². The third-order valence-corrected chi connectivity index (χ3v) is 2.88. The van der Waals surface area contributed by atoms with Crippen molar-refractivity contribution in [3.63, 3.8) is 0 Å². The lowest BCUT2D eigenvalue weighted by Gasteiger charge is -2.04. The number of hydrogen-bond acceptors (Lipinski definition) is 3. The number of aliphatic imine (C=N–C) groups is 1. The molecule has 0 amide bonds. The second-order valence-corrected chi connectivity index (χ2v) is 4.43. The van der Waals surface area contributed by atoms with Crippen LogP contribution in [-0.2, 0) is 6.54 Å². The molecule has 0 saturated heterocycles. The molecule has 2 aromatic carbocycles. The van der Waals surface area contributed by atoms with Crippen molar-refractivity contribution in [3.8, 4) is 11.5 Å². The first-order valence-electron chi connectivity index (χ1n) is 5.81. The van der Waals surface area contributed by atoms with Gasteiger partial charge in [0, 0.05) is 16.8 Å². The van der Waals surface area contributed by atoms with E-state index in [1.165, 1.54) is 7.11 Å². The average molecular weight is 276 g/mol. The summed E-state index contributed by atoms with van der Waals surface area (Å²) in [6.07, 6.45) is 1.62. The third kappa shape index (κ3) is 3.48. The number of rotatable bonds is 4. The van der Waals surface area contributed by atoms with Crippen LogP contribution in [0, 0.1) is 0 Å². The molecule has 0 saturated carbocycles. The number of ether oxygens (including phenoxy) is 1. The molecule has 98 valence electrons. The van der Waals surface area contributed by atoms with Crippen molar-refractivity contribution in [1.29, 1.82) is 0 Å². The van der Waals surface area contributed by atoms with E-state index in [0.29, 0.717) is 22.9 Å². The molecule has 2 aromatic rings. The third-order valence-electron chi connectivity index (χ3n) is 2.64. The largest absolute Gasteiger partial charge is 0.504 e. The Hall–Kier alpha value is -2.00. The number of methoxy groups -OCH3 is 1. The fourth-order valence-electron chi connectivity index (χ4n) is 1.69. The van der Waals surface area contributed by atoms with E-state index in [1.54, 1.807) is 24.4 Å². The number of phenolic OH excluding ortho intramolecular Hbond substituents is 1. The van der Waals surface area contributed by atoms with Crippen molar-refractivity contribution in [1.82, 2.24) is 0 Å². The summed E-state index contributed by atoms with van der Waals surface area (Å²) in [6, 6.07) is 12.8. The molecule has 2 rings (SSSR count). The molecule has 0 spiro atoms. The average Bonchev–Trinajstić information content (AvgIpc) is 2.41. The number of aromatic hydroxyl groups is 1. The van der Waals surface area contributed by atoms with E-state index >= 15 is 0 Å². The summed E-state index contributed by atoms with van der Waals surface area (Å²) >= 11 is 5.90. The van der Waals surface area contributed by atoms with Crippen molar-refractivity contribution in [2.75, 3.05) is 7.11 Å². The summed E-state index contributed by atoms with van der Waals surface area (Å²) in [6.45, 7) is 0.511. The lowest BCUT2D eigenvalue weighted by atomic mass is 10.2. The molecule has 0 aliphatic rings. The molecule has 3 nitrogen and oxygen atoms in total. The van der Waals surface area contributed by atoms with Gasteiger partial charge in [0.15, 0.2) is 11.5 Å². The van der Waals surface area contributed by atoms with Gasteiger partial charge in [0.05, 0.1) is 13.7 Å². The van der Waals surface area contributed by atoms with Gasteiger partial charge in [0.25, 0.3) is 0 Å². The molecule has 0 radical (unpaired) electrons. The van der Waals surface area contributed by atoms with E-state index in [2.05, 4.69) is 4.99 Å². The molecule has 4 heteroatoms. The Balaban J connectivity index is 2.11. The lowest BCUT2D eigenvalue weighted by Crippen LogP contribution is -1.89. The Morgan fingerprint density at radius 3 is 2.79 bits per heavy atom. The number of phenols is 1. The van der Waals surface area contributed by atoms with Gasteiger partial charge in [0.2, 0.25) is 0 Å². The van der Waals surface area contributed by atoms with Gasteiger partial charge in [-0.1, -0.05) is 29.8 Å². The second kappa shape index (κ2) is 6.25. The molecule has 0 heterocycles. The number of para-hydroxylation sites is 1. The molecule has 1 N–H and O–H groups in total. The summed E-state index contributed by atoms with van der Waals surface area (Å²) in [4.78, 5) is 4.29. The van der Waals surface area contributed by atoms with Gasteiger partial charge >= 0.3 is 0 Å². The van der Waals surface area contributed by atoms with Crippen LogP contribution in [0.2, 0.25) is 5.02 Å². The standard InChI is InChI=1S/C15H14ClNO2/c1-19-14-7-3-5-12(15(14)18)10-17-9-11-4-2-6-13(16)8-11/h2-8,10,18H,9H2,1H3. The van der Waals surface area contributed by atoms with Crippen LogP contribution in [0.1, 0.15) is 11.1 Å². The Bertz CT molecular complexity index is 596. The smallest absolute Gasteiger partial charge is 0.166 e. The number of halogens is 1. The van der Waals surface area contributed by atoms with Gasteiger partial charge in [-0.15, -0.1) is 0 Å². The van der Waals surface area contributed by atoms with Gasteiger partial charge in [0.1, 0.15) is 0 Å². The molecule has 0 bridgehead atoms. The minimum Gasteiger partial charge on any atom is -0.504 e. The van der Waals surface area contributed by atoms with E-state index in [-0.39, 0.29) is 5.75 Å². The fourth-order valence-corrected chi connectivity index (χ4v) is 1.91. The van der Waals surface area contributed by atoms with E-state index in [4.69, 9.17) is 16.3 Å². The molecule has 0 atom stereocenters. The topological polar surface area (TPSA) is 41.8 Å². The van der Waals surface area contributed by atoms with E-state index in [1.807, 2.05) is 24.3 Å². The molecule has 19 heavy (non-hydrogen) atoms. The highest BCUT2D eigenvalue weighted by Crippen LogP contribution is 2.28. The van der Waals surface area contributed by atoms with Crippen LogP contribution in [0.5, 0.6) is 11.5 Å². The lowest BCUT2D eigenvalue weighted by molar-refractivity contribution is 0.373. The molecular formula is C15H14ClNO2. The highest BCUT2D eigenvalue weighted by molar-refractivity contribution is 6.30. The van der Waals surface area contributed by atoms with Crippen molar-refractivity contribution >= 4 is 17.8 Å². The molecule has 0 aromatic heterocycles. The number of hydrogen-bond donors (Lipinski definition) is 1. The van der Waals surface area contributed by atoms with Gasteiger partial charge in [-0.2, -0.15) is 0 Å². The summed E-state index contributed by atoms with van der Waals surface area (Å²) in [7, 11) is 1.52. The predicted molar refractivity (Wildman–Crippen MR) is 77.4 cm³/mol. The minimum absolute atomic E-state index is 0.0971. The van der Waals surface area contributed by atoms with Crippen molar-refractivity contribution in [2.24, 2.45) is 4.99 Å². The Morgan fingerprint density at radius 1 is 1.26 bits per heavy atom. The Kier molecular flexibility index (Phi) is 4.42.